The van der Waals surface area contributed by atoms with Gasteiger partial charge in [0, 0.05) is 17.6 Å². The summed E-state index contributed by atoms with van der Waals surface area (Å²) in [5.41, 5.74) is 3.07. The van der Waals surface area contributed by atoms with Gasteiger partial charge in [0.1, 0.15) is 6.04 Å². The number of nitrogens with zero attached hydrogens (tertiary/aromatic N) is 1. The molecule has 1 saturated carbocycles. The Morgan fingerprint density at radius 1 is 1.06 bits per heavy atom. The molecule has 31 heavy (non-hydrogen) atoms. The van der Waals surface area contributed by atoms with Crippen LogP contribution in [-0.2, 0) is 22.6 Å². The highest BCUT2D eigenvalue weighted by Crippen LogP contribution is 2.20. The summed E-state index contributed by atoms with van der Waals surface area (Å²) in [4.78, 5) is 28.4. The second-order valence-corrected chi connectivity index (χ2v) is 9.02. The zero-order chi connectivity index (χ0) is 22.2. The van der Waals surface area contributed by atoms with Gasteiger partial charge >= 0.3 is 0 Å². The molecule has 1 aliphatic carbocycles. The van der Waals surface area contributed by atoms with Gasteiger partial charge in [-0.05, 0) is 49.4 Å². The summed E-state index contributed by atoms with van der Waals surface area (Å²) in [6.07, 6.45) is 6.43. The predicted molar refractivity (Wildman–Crippen MR) is 126 cm³/mol. The molecule has 0 heterocycles. The molecule has 5 heteroatoms. The van der Waals surface area contributed by atoms with Crippen molar-refractivity contribution < 1.29 is 9.59 Å². The SMILES string of the molecule is CCC(C(=O)NC1CCCCC1)N(Cc1cccc(C)c1)C(=O)Cc1ccc(Cl)cc1. The second kappa shape index (κ2) is 11.3. The second-order valence-electron chi connectivity index (χ2n) is 8.58. The van der Waals surface area contributed by atoms with E-state index in [1.54, 1.807) is 17.0 Å². The van der Waals surface area contributed by atoms with Crippen LogP contribution in [0.25, 0.3) is 0 Å². The number of halogens is 1. The molecular weight excluding hydrogens is 408 g/mol. The van der Waals surface area contributed by atoms with E-state index in [-0.39, 0.29) is 24.3 Å². The highest BCUT2D eigenvalue weighted by Gasteiger charge is 2.30. The molecular formula is C26H33ClN2O2. The molecule has 1 N–H and O–H groups in total. The third-order valence-corrected chi connectivity index (χ3v) is 6.29. The van der Waals surface area contributed by atoms with Gasteiger partial charge in [-0.2, -0.15) is 0 Å². The Balaban J connectivity index is 1.80. The van der Waals surface area contributed by atoms with Gasteiger partial charge in [-0.25, -0.2) is 0 Å². The largest absolute Gasteiger partial charge is 0.352 e. The van der Waals surface area contributed by atoms with Crippen LogP contribution in [0.1, 0.15) is 62.1 Å². The van der Waals surface area contributed by atoms with Crippen LogP contribution in [0.4, 0.5) is 0 Å². The van der Waals surface area contributed by atoms with Crippen LogP contribution in [-0.4, -0.2) is 28.8 Å². The molecule has 1 atom stereocenters. The van der Waals surface area contributed by atoms with Crippen LogP contribution in [0.3, 0.4) is 0 Å². The molecule has 1 unspecified atom stereocenters. The minimum atomic E-state index is -0.484. The molecule has 0 aromatic heterocycles. The van der Waals surface area contributed by atoms with Crippen LogP contribution in [0.15, 0.2) is 48.5 Å². The molecule has 1 aliphatic rings. The van der Waals surface area contributed by atoms with Crippen LogP contribution in [0.2, 0.25) is 5.02 Å². The van der Waals surface area contributed by atoms with Gasteiger partial charge in [0.05, 0.1) is 6.42 Å². The molecule has 0 spiro atoms. The third-order valence-electron chi connectivity index (χ3n) is 6.04. The van der Waals surface area contributed by atoms with Gasteiger partial charge in [0.2, 0.25) is 11.8 Å². The standard InChI is InChI=1S/C26H33ClN2O2/c1-3-24(26(31)28-23-10-5-4-6-11-23)29(18-21-9-7-8-19(2)16-21)25(30)17-20-12-14-22(27)15-13-20/h7-9,12-16,23-24H,3-6,10-11,17-18H2,1-2H3,(H,28,31). The molecule has 0 bridgehead atoms. The average molecular weight is 441 g/mol. The van der Waals surface area contributed by atoms with Gasteiger partial charge in [0.25, 0.3) is 0 Å². The summed E-state index contributed by atoms with van der Waals surface area (Å²) in [5.74, 6) is -0.0824. The molecule has 2 aromatic carbocycles. The van der Waals surface area contributed by atoms with Crippen molar-refractivity contribution in [2.24, 2.45) is 0 Å². The topological polar surface area (TPSA) is 49.4 Å². The monoisotopic (exact) mass is 440 g/mol. The van der Waals surface area contributed by atoms with E-state index in [2.05, 4.69) is 11.4 Å². The number of carbonyl (C=O) groups excluding carboxylic acids is 2. The Hall–Kier alpha value is -2.33. The smallest absolute Gasteiger partial charge is 0.243 e. The van der Waals surface area contributed by atoms with Crippen molar-refractivity contribution in [1.82, 2.24) is 10.2 Å². The quantitative estimate of drug-likeness (QED) is 0.593. The molecule has 3 rings (SSSR count). The summed E-state index contributed by atoms with van der Waals surface area (Å²) in [6.45, 7) is 4.44. The van der Waals surface area contributed by atoms with Crippen molar-refractivity contribution in [2.75, 3.05) is 0 Å². The zero-order valence-corrected chi connectivity index (χ0v) is 19.3. The molecule has 4 nitrogen and oxygen atoms in total. The van der Waals surface area contributed by atoms with Gasteiger partial charge in [-0.1, -0.05) is 79.7 Å². The molecule has 0 aliphatic heterocycles. The van der Waals surface area contributed by atoms with E-state index in [1.165, 1.54) is 6.42 Å². The van der Waals surface area contributed by atoms with E-state index < -0.39 is 6.04 Å². The Labute approximate surface area is 191 Å². The Bertz CT molecular complexity index is 875. The highest BCUT2D eigenvalue weighted by molar-refractivity contribution is 6.30. The zero-order valence-electron chi connectivity index (χ0n) is 18.6. The molecule has 2 amide bonds. The van der Waals surface area contributed by atoms with Gasteiger partial charge in [-0.3, -0.25) is 9.59 Å². The maximum atomic E-state index is 13.4. The number of benzene rings is 2. The van der Waals surface area contributed by atoms with Crippen LogP contribution in [0.5, 0.6) is 0 Å². The number of amides is 2. The molecule has 0 radical (unpaired) electrons. The van der Waals surface area contributed by atoms with E-state index in [1.807, 2.05) is 44.2 Å². The van der Waals surface area contributed by atoms with Crippen molar-refractivity contribution >= 4 is 23.4 Å². The number of hydrogen-bond acceptors (Lipinski definition) is 2. The summed E-state index contributed by atoms with van der Waals surface area (Å²) in [7, 11) is 0. The van der Waals surface area contributed by atoms with Crippen LogP contribution in [0, 0.1) is 6.92 Å². The molecule has 2 aromatic rings. The first-order valence-corrected chi connectivity index (χ1v) is 11.7. The minimum absolute atomic E-state index is 0.0356. The van der Waals surface area contributed by atoms with Crippen LogP contribution >= 0.6 is 11.6 Å². The summed E-state index contributed by atoms with van der Waals surface area (Å²) >= 11 is 5.99. The summed E-state index contributed by atoms with van der Waals surface area (Å²) in [5, 5.41) is 3.87. The molecule has 1 fully saturated rings. The number of rotatable bonds is 8. The third kappa shape index (κ3) is 6.83. The lowest BCUT2D eigenvalue weighted by Crippen LogP contribution is -2.51. The Morgan fingerprint density at radius 2 is 1.77 bits per heavy atom. The maximum absolute atomic E-state index is 13.4. The number of aryl methyl sites for hydroxylation is 1. The van der Waals surface area contributed by atoms with E-state index in [0.29, 0.717) is 18.0 Å². The van der Waals surface area contributed by atoms with Crippen molar-refractivity contribution in [1.29, 1.82) is 0 Å². The predicted octanol–water partition coefficient (Wildman–Crippen LogP) is 5.45. The first kappa shape index (κ1) is 23.3. The molecule has 0 saturated heterocycles. The minimum Gasteiger partial charge on any atom is -0.352 e. The average Bonchev–Trinajstić information content (AvgIpc) is 2.76. The highest BCUT2D eigenvalue weighted by atomic mass is 35.5. The fourth-order valence-corrected chi connectivity index (χ4v) is 4.48. The fourth-order valence-electron chi connectivity index (χ4n) is 4.35. The fraction of sp³-hybridized carbons (Fsp3) is 0.462. The first-order valence-electron chi connectivity index (χ1n) is 11.4. The summed E-state index contributed by atoms with van der Waals surface area (Å²) in [6, 6.07) is 15.2. The number of carbonyl (C=O) groups is 2. The first-order chi connectivity index (χ1) is 15.0. The van der Waals surface area contributed by atoms with Crippen molar-refractivity contribution in [2.45, 2.75) is 77.4 Å². The van der Waals surface area contributed by atoms with Crippen molar-refractivity contribution in [3.63, 3.8) is 0 Å². The number of hydrogen-bond donors (Lipinski definition) is 1. The van der Waals surface area contributed by atoms with Gasteiger partial charge in [0.15, 0.2) is 0 Å². The van der Waals surface area contributed by atoms with E-state index >= 15 is 0 Å². The number of nitrogens with one attached hydrogen (secondary N) is 1. The van der Waals surface area contributed by atoms with E-state index in [4.69, 9.17) is 11.6 Å². The Morgan fingerprint density at radius 3 is 2.42 bits per heavy atom. The summed E-state index contributed by atoms with van der Waals surface area (Å²) < 4.78 is 0. The lowest BCUT2D eigenvalue weighted by molar-refractivity contribution is -0.141. The lowest BCUT2D eigenvalue weighted by Gasteiger charge is -2.33. The Kier molecular flexibility index (Phi) is 8.53. The lowest BCUT2D eigenvalue weighted by atomic mass is 9.95. The van der Waals surface area contributed by atoms with E-state index in [9.17, 15) is 9.59 Å². The maximum Gasteiger partial charge on any atom is 0.243 e. The normalized spacial score (nSPS) is 15.3. The van der Waals surface area contributed by atoms with Crippen molar-refractivity contribution in [3.8, 4) is 0 Å². The molecule has 166 valence electrons. The van der Waals surface area contributed by atoms with Gasteiger partial charge < -0.3 is 10.2 Å². The van der Waals surface area contributed by atoms with Gasteiger partial charge in [-0.15, -0.1) is 0 Å². The van der Waals surface area contributed by atoms with Crippen molar-refractivity contribution in [3.05, 3.63) is 70.2 Å². The van der Waals surface area contributed by atoms with Crippen LogP contribution < -0.4 is 5.32 Å². The van der Waals surface area contributed by atoms with E-state index in [0.717, 1.165) is 42.4 Å².